The van der Waals surface area contributed by atoms with Crippen LogP contribution in [0.15, 0.2) is 36.4 Å². The Morgan fingerprint density at radius 3 is 2.67 bits per heavy atom. The van der Waals surface area contributed by atoms with Gasteiger partial charge in [0.15, 0.2) is 0 Å². The normalized spacial score (nSPS) is 21.6. The zero-order valence-electron chi connectivity index (χ0n) is 11.6. The molecule has 1 fully saturated rings. The first kappa shape index (κ1) is 14.5. The van der Waals surface area contributed by atoms with Gasteiger partial charge >= 0.3 is 0 Å². The second-order valence-corrected chi connectivity index (χ2v) is 6.73. The number of alkyl halides is 1. The van der Waals surface area contributed by atoms with Crippen LogP contribution in [0.25, 0.3) is 10.8 Å². The van der Waals surface area contributed by atoms with Crippen molar-refractivity contribution in [3.63, 3.8) is 0 Å². The van der Waals surface area contributed by atoms with E-state index in [9.17, 15) is 9.18 Å². The summed E-state index contributed by atoms with van der Waals surface area (Å²) in [5, 5.41) is 4.15. The molecule has 0 aliphatic heterocycles. The molecule has 0 saturated heterocycles. The molecule has 1 aliphatic carbocycles. The van der Waals surface area contributed by atoms with Gasteiger partial charge in [0.05, 0.1) is 0 Å². The Bertz CT molecular complexity index is 673. The van der Waals surface area contributed by atoms with E-state index in [0.717, 1.165) is 6.42 Å². The van der Waals surface area contributed by atoms with E-state index in [1.165, 1.54) is 18.9 Å². The van der Waals surface area contributed by atoms with Gasteiger partial charge in [0.2, 0.25) is 0 Å². The molecular formula is C17H17BrFNO. The summed E-state index contributed by atoms with van der Waals surface area (Å²) in [6.07, 6.45) is 3.51. The molecule has 110 valence electrons. The third-order valence-corrected chi connectivity index (χ3v) is 5.41. The molecular weight excluding hydrogens is 333 g/mol. The molecule has 2 unspecified atom stereocenters. The number of rotatable bonds is 3. The predicted octanol–water partition coefficient (Wildman–Crippen LogP) is 4.27. The highest BCUT2D eigenvalue weighted by Crippen LogP contribution is 2.31. The van der Waals surface area contributed by atoms with E-state index in [-0.39, 0.29) is 11.7 Å². The van der Waals surface area contributed by atoms with Crippen molar-refractivity contribution in [1.29, 1.82) is 0 Å². The lowest BCUT2D eigenvalue weighted by atomic mass is 10.0. The number of benzene rings is 2. The fourth-order valence-electron chi connectivity index (χ4n) is 3.00. The fraction of sp³-hybridized carbons (Fsp3) is 0.353. The quantitative estimate of drug-likeness (QED) is 0.823. The average molecular weight is 350 g/mol. The SMILES string of the molecule is O=C(NCC1CCCC1Br)c1ccc(F)c2ccccc12. The van der Waals surface area contributed by atoms with E-state index >= 15 is 0 Å². The van der Waals surface area contributed by atoms with Crippen LogP contribution in [0.3, 0.4) is 0 Å². The van der Waals surface area contributed by atoms with Gasteiger partial charge in [0.25, 0.3) is 5.91 Å². The molecule has 0 spiro atoms. The molecule has 2 nitrogen and oxygen atoms in total. The minimum atomic E-state index is -0.293. The van der Waals surface area contributed by atoms with E-state index in [1.807, 2.05) is 6.07 Å². The van der Waals surface area contributed by atoms with Gasteiger partial charge < -0.3 is 5.32 Å². The highest BCUT2D eigenvalue weighted by Gasteiger charge is 2.25. The first-order chi connectivity index (χ1) is 10.2. The van der Waals surface area contributed by atoms with Crippen molar-refractivity contribution in [2.75, 3.05) is 6.54 Å². The van der Waals surface area contributed by atoms with Crippen molar-refractivity contribution >= 4 is 32.6 Å². The lowest BCUT2D eigenvalue weighted by molar-refractivity contribution is 0.0949. The topological polar surface area (TPSA) is 29.1 Å². The summed E-state index contributed by atoms with van der Waals surface area (Å²) >= 11 is 3.66. The van der Waals surface area contributed by atoms with Gasteiger partial charge in [0.1, 0.15) is 5.82 Å². The summed E-state index contributed by atoms with van der Waals surface area (Å²) in [6, 6.07) is 10.0. The van der Waals surface area contributed by atoms with Crippen molar-refractivity contribution in [2.45, 2.75) is 24.1 Å². The van der Waals surface area contributed by atoms with E-state index in [2.05, 4.69) is 21.2 Å². The second-order valence-electron chi connectivity index (χ2n) is 5.56. The fourth-order valence-corrected chi connectivity index (χ4v) is 3.78. The molecule has 1 saturated carbocycles. The molecule has 2 aromatic rings. The number of carbonyl (C=O) groups excluding carboxylic acids is 1. The third kappa shape index (κ3) is 2.95. The first-order valence-electron chi connectivity index (χ1n) is 7.26. The van der Waals surface area contributed by atoms with Gasteiger partial charge in [-0.3, -0.25) is 4.79 Å². The maximum absolute atomic E-state index is 13.8. The Hall–Kier alpha value is -1.42. The molecule has 0 aromatic heterocycles. The van der Waals surface area contributed by atoms with Crippen LogP contribution in [0.1, 0.15) is 29.6 Å². The highest BCUT2D eigenvalue weighted by molar-refractivity contribution is 9.09. The number of nitrogens with one attached hydrogen (secondary N) is 1. The van der Waals surface area contributed by atoms with Crippen LogP contribution >= 0.6 is 15.9 Å². The molecule has 21 heavy (non-hydrogen) atoms. The van der Waals surface area contributed by atoms with Crippen molar-refractivity contribution in [3.8, 4) is 0 Å². The van der Waals surface area contributed by atoms with Crippen LogP contribution in [0.4, 0.5) is 4.39 Å². The van der Waals surface area contributed by atoms with Crippen molar-refractivity contribution in [2.24, 2.45) is 5.92 Å². The largest absolute Gasteiger partial charge is 0.352 e. The molecule has 0 radical (unpaired) electrons. The molecule has 4 heteroatoms. The van der Waals surface area contributed by atoms with Crippen LogP contribution < -0.4 is 5.32 Å². The van der Waals surface area contributed by atoms with Crippen LogP contribution in [0, 0.1) is 11.7 Å². The Kier molecular flexibility index (Phi) is 4.24. The molecule has 1 N–H and O–H groups in total. The molecule has 2 aromatic carbocycles. The number of hydrogen-bond donors (Lipinski definition) is 1. The minimum absolute atomic E-state index is 0.127. The van der Waals surface area contributed by atoms with Gasteiger partial charge in [-0.1, -0.05) is 46.6 Å². The lowest BCUT2D eigenvalue weighted by Crippen LogP contribution is -2.31. The number of amides is 1. The zero-order chi connectivity index (χ0) is 14.8. The Balaban J connectivity index is 1.80. The monoisotopic (exact) mass is 349 g/mol. The van der Waals surface area contributed by atoms with E-state index < -0.39 is 0 Å². The Labute approximate surface area is 131 Å². The number of hydrogen-bond acceptors (Lipinski definition) is 1. The van der Waals surface area contributed by atoms with Gasteiger partial charge in [-0.25, -0.2) is 4.39 Å². The van der Waals surface area contributed by atoms with Crippen molar-refractivity contribution in [3.05, 3.63) is 47.8 Å². The average Bonchev–Trinajstić information content (AvgIpc) is 2.91. The van der Waals surface area contributed by atoms with E-state index in [1.54, 1.807) is 24.3 Å². The number of carbonyl (C=O) groups is 1. The highest BCUT2D eigenvalue weighted by atomic mass is 79.9. The van der Waals surface area contributed by atoms with Gasteiger partial charge in [-0.2, -0.15) is 0 Å². The van der Waals surface area contributed by atoms with E-state index in [0.29, 0.717) is 33.6 Å². The summed E-state index contributed by atoms with van der Waals surface area (Å²) in [4.78, 5) is 12.9. The summed E-state index contributed by atoms with van der Waals surface area (Å²) < 4.78 is 13.8. The maximum atomic E-state index is 13.8. The lowest BCUT2D eigenvalue weighted by Gasteiger charge is -2.15. The van der Waals surface area contributed by atoms with Gasteiger partial charge in [-0.15, -0.1) is 0 Å². The Morgan fingerprint density at radius 2 is 1.95 bits per heavy atom. The van der Waals surface area contributed by atoms with Crippen molar-refractivity contribution in [1.82, 2.24) is 5.32 Å². The van der Waals surface area contributed by atoms with Crippen molar-refractivity contribution < 1.29 is 9.18 Å². The molecule has 1 aliphatic rings. The molecule has 2 atom stereocenters. The van der Waals surface area contributed by atoms with E-state index in [4.69, 9.17) is 0 Å². The van der Waals surface area contributed by atoms with Crippen LogP contribution in [0.5, 0.6) is 0 Å². The smallest absolute Gasteiger partial charge is 0.251 e. The summed E-state index contributed by atoms with van der Waals surface area (Å²) in [7, 11) is 0. The maximum Gasteiger partial charge on any atom is 0.251 e. The molecule has 1 amide bonds. The van der Waals surface area contributed by atoms with Gasteiger partial charge in [0, 0.05) is 22.3 Å². The summed E-state index contributed by atoms with van der Waals surface area (Å²) in [6.45, 7) is 0.667. The standard InChI is InChI=1S/C17H17BrFNO/c18-15-7-3-4-11(15)10-20-17(21)14-8-9-16(19)13-6-2-1-5-12(13)14/h1-2,5-6,8-9,11,15H,3-4,7,10H2,(H,20,21). The number of halogens is 2. The van der Waals surface area contributed by atoms with Crippen LogP contribution in [-0.2, 0) is 0 Å². The zero-order valence-corrected chi connectivity index (χ0v) is 13.2. The third-order valence-electron chi connectivity index (χ3n) is 4.21. The second kappa shape index (κ2) is 6.14. The van der Waals surface area contributed by atoms with Crippen LogP contribution in [-0.4, -0.2) is 17.3 Å². The van der Waals surface area contributed by atoms with Gasteiger partial charge in [-0.05, 0) is 36.3 Å². The van der Waals surface area contributed by atoms with Crippen LogP contribution in [0.2, 0.25) is 0 Å². The molecule has 3 rings (SSSR count). The number of fused-ring (bicyclic) bond motifs is 1. The summed E-state index contributed by atoms with van der Waals surface area (Å²) in [5.74, 6) is 0.0666. The predicted molar refractivity (Wildman–Crippen MR) is 86.3 cm³/mol. The summed E-state index contributed by atoms with van der Waals surface area (Å²) in [5.41, 5.74) is 0.538. The molecule has 0 heterocycles. The Morgan fingerprint density at radius 1 is 1.19 bits per heavy atom. The molecule has 0 bridgehead atoms. The first-order valence-corrected chi connectivity index (χ1v) is 8.18. The minimum Gasteiger partial charge on any atom is -0.352 e.